The van der Waals surface area contributed by atoms with E-state index >= 15 is 0 Å². The van der Waals surface area contributed by atoms with E-state index in [2.05, 4.69) is 24.1 Å². The van der Waals surface area contributed by atoms with Crippen molar-refractivity contribution >= 4 is 5.69 Å². The number of anilines is 1. The van der Waals surface area contributed by atoms with Gasteiger partial charge in [-0.3, -0.25) is 0 Å². The fraction of sp³-hybridized carbons (Fsp3) is 0.647. The minimum atomic E-state index is -0.222. The largest absolute Gasteiger partial charge is 0.393 e. The van der Waals surface area contributed by atoms with Gasteiger partial charge in [-0.15, -0.1) is 0 Å². The van der Waals surface area contributed by atoms with E-state index in [0.717, 1.165) is 43.5 Å². The first-order valence-electron chi connectivity index (χ1n) is 8.10. The SMILES string of the molecule is CCNC(C)c1cccc(F)c1N1C2CCC1CC(O)C2. The number of aliphatic hydroxyl groups is 1. The molecule has 2 fully saturated rings. The second-order valence-electron chi connectivity index (χ2n) is 6.37. The standard InChI is InChI=1S/C17H25FN2O/c1-3-19-11(2)15-5-4-6-16(18)17(15)20-12-7-8-13(20)10-14(21)9-12/h4-6,11-14,19,21H,3,7-10H2,1-2H3. The van der Waals surface area contributed by atoms with Crippen LogP contribution in [0.1, 0.15) is 51.1 Å². The molecule has 0 spiro atoms. The summed E-state index contributed by atoms with van der Waals surface area (Å²) < 4.78 is 14.6. The molecule has 0 aliphatic carbocycles. The highest BCUT2D eigenvalue weighted by atomic mass is 19.1. The van der Waals surface area contributed by atoms with Crippen LogP contribution in [-0.4, -0.2) is 29.8 Å². The number of piperidine rings is 1. The molecular formula is C17H25FN2O. The number of hydrogen-bond donors (Lipinski definition) is 2. The van der Waals surface area contributed by atoms with E-state index in [-0.39, 0.29) is 30.0 Å². The van der Waals surface area contributed by atoms with Gasteiger partial charge in [-0.05, 0) is 50.8 Å². The van der Waals surface area contributed by atoms with Gasteiger partial charge in [0.2, 0.25) is 0 Å². The second kappa shape index (κ2) is 5.93. The van der Waals surface area contributed by atoms with Crippen LogP contribution in [0.25, 0.3) is 0 Å². The smallest absolute Gasteiger partial charge is 0.146 e. The topological polar surface area (TPSA) is 35.5 Å². The Balaban J connectivity index is 1.98. The summed E-state index contributed by atoms with van der Waals surface area (Å²) in [6.07, 6.45) is 3.43. The molecule has 3 rings (SSSR count). The van der Waals surface area contributed by atoms with Crippen LogP contribution < -0.4 is 10.2 Å². The Morgan fingerprint density at radius 2 is 2.00 bits per heavy atom. The monoisotopic (exact) mass is 292 g/mol. The Morgan fingerprint density at radius 1 is 1.33 bits per heavy atom. The van der Waals surface area contributed by atoms with Crippen molar-refractivity contribution in [2.75, 3.05) is 11.4 Å². The summed E-state index contributed by atoms with van der Waals surface area (Å²) in [6.45, 7) is 5.02. The van der Waals surface area contributed by atoms with Gasteiger partial charge >= 0.3 is 0 Å². The number of fused-ring (bicyclic) bond motifs is 2. The second-order valence-corrected chi connectivity index (χ2v) is 6.37. The average Bonchev–Trinajstić information content (AvgIpc) is 2.70. The van der Waals surface area contributed by atoms with Crippen molar-refractivity contribution in [3.05, 3.63) is 29.6 Å². The van der Waals surface area contributed by atoms with E-state index < -0.39 is 0 Å². The number of rotatable bonds is 4. The first kappa shape index (κ1) is 14.8. The quantitative estimate of drug-likeness (QED) is 0.895. The van der Waals surface area contributed by atoms with E-state index in [9.17, 15) is 9.50 Å². The Morgan fingerprint density at radius 3 is 2.62 bits per heavy atom. The van der Waals surface area contributed by atoms with Gasteiger partial charge in [-0.25, -0.2) is 4.39 Å². The minimum absolute atomic E-state index is 0.131. The van der Waals surface area contributed by atoms with Gasteiger partial charge in [0, 0.05) is 18.1 Å². The fourth-order valence-electron chi connectivity index (χ4n) is 4.08. The summed E-state index contributed by atoms with van der Waals surface area (Å²) in [5, 5.41) is 13.3. The molecule has 3 nitrogen and oxygen atoms in total. The number of para-hydroxylation sites is 1. The van der Waals surface area contributed by atoms with Gasteiger partial charge in [0.15, 0.2) is 0 Å². The molecule has 4 heteroatoms. The zero-order valence-corrected chi connectivity index (χ0v) is 12.8. The fourth-order valence-corrected chi connectivity index (χ4v) is 4.08. The van der Waals surface area contributed by atoms with Crippen LogP contribution in [0.5, 0.6) is 0 Å². The van der Waals surface area contributed by atoms with Crippen LogP contribution >= 0.6 is 0 Å². The average molecular weight is 292 g/mol. The maximum absolute atomic E-state index is 14.6. The third-order valence-corrected chi connectivity index (χ3v) is 4.96. The molecule has 3 unspecified atom stereocenters. The maximum Gasteiger partial charge on any atom is 0.146 e. The summed E-state index contributed by atoms with van der Waals surface area (Å²) >= 11 is 0. The molecule has 116 valence electrons. The van der Waals surface area contributed by atoms with Crippen molar-refractivity contribution in [1.82, 2.24) is 5.32 Å². The van der Waals surface area contributed by atoms with Crippen LogP contribution in [0.2, 0.25) is 0 Å². The van der Waals surface area contributed by atoms with E-state index in [1.165, 1.54) is 0 Å². The predicted molar refractivity (Wildman–Crippen MR) is 83.0 cm³/mol. The maximum atomic E-state index is 14.6. The van der Waals surface area contributed by atoms with Crippen LogP contribution in [0.4, 0.5) is 10.1 Å². The van der Waals surface area contributed by atoms with Gasteiger partial charge in [0.05, 0.1) is 11.8 Å². The van der Waals surface area contributed by atoms with Crippen molar-refractivity contribution in [1.29, 1.82) is 0 Å². The molecular weight excluding hydrogens is 267 g/mol. The Hall–Kier alpha value is -1.13. The predicted octanol–water partition coefficient (Wildman–Crippen LogP) is 2.99. The first-order chi connectivity index (χ1) is 10.1. The van der Waals surface area contributed by atoms with E-state index in [1.54, 1.807) is 12.1 Å². The Bertz CT molecular complexity index is 494. The molecule has 2 heterocycles. The molecule has 3 atom stereocenters. The van der Waals surface area contributed by atoms with Crippen molar-refractivity contribution in [2.24, 2.45) is 0 Å². The molecule has 1 aromatic rings. The molecule has 2 aliphatic rings. The lowest BCUT2D eigenvalue weighted by Crippen LogP contribution is -2.46. The highest BCUT2D eigenvalue weighted by Gasteiger charge is 2.42. The van der Waals surface area contributed by atoms with Crippen molar-refractivity contribution in [3.8, 4) is 0 Å². The lowest BCUT2D eigenvalue weighted by molar-refractivity contribution is 0.126. The van der Waals surface area contributed by atoms with Gasteiger partial charge in [-0.1, -0.05) is 19.1 Å². The molecule has 21 heavy (non-hydrogen) atoms. The summed E-state index contributed by atoms with van der Waals surface area (Å²) in [4.78, 5) is 2.26. The highest BCUT2D eigenvalue weighted by molar-refractivity contribution is 5.59. The third-order valence-electron chi connectivity index (χ3n) is 4.96. The first-order valence-corrected chi connectivity index (χ1v) is 8.10. The number of hydrogen-bond acceptors (Lipinski definition) is 3. The Kier molecular flexibility index (Phi) is 4.18. The normalized spacial score (nSPS) is 29.7. The van der Waals surface area contributed by atoms with Crippen LogP contribution in [-0.2, 0) is 0 Å². The number of nitrogens with one attached hydrogen (secondary N) is 1. The minimum Gasteiger partial charge on any atom is -0.393 e. The summed E-state index contributed by atoms with van der Waals surface area (Å²) in [7, 11) is 0. The summed E-state index contributed by atoms with van der Waals surface area (Å²) in [6, 6.07) is 6.07. The van der Waals surface area contributed by atoms with Gasteiger partial charge in [-0.2, -0.15) is 0 Å². The van der Waals surface area contributed by atoms with Crippen LogP contribution in [0, 0.1) is 5.82 Å². The van der Waals surface area contributed by atoms with E-state index in [1.807, 2.05) is 6.07 Å². The molecule has 0 saturated carbocycles. The van der Waals surface area contributed by atoms with E-state index in [4.69, 9.17) is 0 Å². The molecule has 2 saturated heterocycles. The highest BCUT2D eigenvalue weighted by Crippen LogP contribution is 2.43. The zero-order valence-electron chi connectivity index (χ0n) is 12.8. The van der Waals surface area contributed by atoms with Gasteiger partial charge in [0.1, 0.15) is 5.82 Å². The molecule has 0 radical (unpaired) electrons. The number of halogens is 1. The molecule has 1 aromatic carbocycles. The molecule has 2 aliphatic heterocycles. The van der Waals surface area contributed by atoms with Gasteiger partial charge < -0.3 is 15.3 Å². The summed E-state index contributed by atoms with van der Waals surface area (Å²) in [5.74, 6) is -0.134. The molecule has 0 aromatic heterocycles. The van der Waals surface area contributed by atoms with Crippen molar-refractivity contribution in [2.45, 2.75) is 63.8 Å². The van der Waals surface area contributed by atoms with E-state index in [0.29, 0.717) is 0 Å². The van der Waals surface area contributed by atoms with Crippen LogP contribution in [0.15, 0.2) is 18.2 Å². The number of benzene rings is 1. The third kappa shape index (κ3) is 2.67. The lowest BCUT2D eigenvalue weighted by atomic mass is 9.96. The zero-order chi connectivity index (χ0) is 15.0. The Labute approximate surface area is 126 Å². The van der Waals surface area contributed by atoms with Gasteiger partial charge in [0.25, 0.3) is 0 Å². The lowest BCUT2D eigenvalue weighted by Gasteiger charge is -2.40. The molecule has 0 amide bonds. The number of nitrogens with zero attached hydrogens (tertiary/aromatic N) is 1. The van der Waals surface area contributed by atoms with Crippen LogP contribution in [0.3, 0.4) is 0 Å². The van der Waals surface area contributed by atoms with Crippen molar-refractivity contribution < 1.29 is 9.50 Å². The summed E-state index contributed by atoms with van der Waals surface area (Å²) in [5.41, 5.74) is 1.79. The number of aliphatic hydroxyl groups excluding tert-OH is 1. The van der Waals surface area contributed by atoms with Crippen molar-refractivity contribution in [3.63, 3.8) is 0 Å². The molecule has 2 bridgehead atoms. The molecule has 2 N–H and O–H groups in total.